The number of ketones is 2. The van der Waals surface area contributed by atoms with E-state index >= 15 is 0 Å². The van der Waals surface area contributed by atoms with E-state index in [9.17, 15) is 14.4 Å². The Hall–Kier alpha value is -1.19. The summed E-state index contributed by atoms with van der Waals surface area (Å²) >= 11 is 0. The molecule has 4 nitrogen and oxygen atoms in total. The molecule has 1 atom stereocenters. The first-order valence-electron chi connectivity index (χ1n) is 3.65. The van der Waals surface area contributed by atoms with Crippen molar-refractivity contribution in [3.8, 4) is 0 Å². The second kappa shape index (κ2) is 4.64. The molecule has 0 aliphatic heterocycles. The van der Waals surface area contributed by atoms with Gasteiger partial charge >= 0.3 is 5.97 Å². The number of rotatable bonds is 5. The van der Waals surface area contributed by atoms with Crippen LogP contribution in [0.5, 0.6) is 0 Å². The zero-order valence-electron chi connectivity index (χ0n) is 7.16. The molecule has 0 spiro atoms. The maximum atomic E-state index is 10.8. The molecule has 4 heteroatoms. The first-order valence-corrected chi connectivity index (χ1v) is 3.65. The third kappa shape index (κ3) is 4.60. The predicted octanol–water partition coefficient (Wildman–Crippen LogP) is 0.645. The van der Waals surface area contributed by atoms with Crippen molar-refractivity contribution in [1.82, 2.24) is 0 Å². The van der Waals surface area contributed by atoms with Gasteiger partial charge in [-0.05, 0) is 13.8 Å². The molecule has 12 heavy (non-hydrogen) atoms. The zero-order chi connectivity index (χ0) is 9.72. The maximum Gasteiger partial charge on any atom is 0.304 e. The Bertz CT molecular complexity index is 191. The molecule has 0 aromatic rings. The quantitative estimate of drug-likeness (QED) is 0.660. The van der Waals surface area contributed by atoms with Gasteiger partial charge < -0.3 is 9.90 Å². The van der Waals surface area contributed by atoms with Gasteiger partial charge in [-0.3, -0.25) is 9.59 Å². The Morgan fingerprint density at radius 1 is 1.17 bits per heavy atom. The Morgan fingerprint density at radius 2 is 1.67 bits per heavy atom. The van der Waals surface area contributed by atoms with Crippen LogP contribution in [0.25, 0.3) is 0 Å². The van der Waals surface area contributed by atoms with Gasteiger partial charge in [-0.15, -0.1) is 0 Å². The van der Waals surface area contributed by atoms with Crippen LogP contribution in [0.15, 0.2) is 0 Å². The molecule has 0 heterocycles. The van der Waals surface area contributed by atoms with Gasteiger partial charge in [0.25, 0.3) is 0 Å². The van der Waals surface area contributed by atoms with Gasteiger partial charge in [0.15, 0.2) is 0 Å². The summed E-state index contributed by atoms with van der Waals surface area (Å²) in [6.07, 6.45) is -0.226. The molecule has 0 radical (unpaired) electrons. The standard InChI is InChI=1S/C8H12O4/c1-5(9)3-7(6(2)10)4-8(11)12/h7H,3-4H2,1-2H3,(H,11,12). The van der Waals surface area contributed by atoms with Crippen molar-refractivity contribution in [3.05, 3.63) is 0 Å². The summed E-state index contributed by atoms with van der Waals surface area (Å²) in [6.45, 7) is 2.65. The van der Waals surface area contributed by atoms with Crippen LogP contribution >= 0.6 is 0 Å². The molecule has 0 amide bonds. The van der Waals surface area contributed by atoms with Crippen LogP contribution in [0.1, 0.15) is 26.7 Å². The maximum absolute atomic E-state index is 10.8. The number of aliphatic carboxylic acids is 1. The predicted molar refractivity (Wildman–Crippen MR) is 41.7 cm³/mol. The van der Waals surface area contributed by atoms with E-state index in [1.807, 2.05) is 0 Å². The molecule has 0 bridgehead atoms. The van der Waals surface area contributed by atoms with Crippen molar-refractivity contribution in [1.29, 1.82) is 0 Å². The summed E-state index contributed by atoms with van der Waals surface area (Å²) < 4.78 is 0. The van der Waals surface area contributed by atoms with E-state index in [0.717, 1.165) is 0 Å². The zero-order valence-corrected chi connectivity index (χ0v) is 7.16. The summed E-state index contributed by atoms with van der Waals surface area (Å²) in [5.74, 6) is -2.10. The van der Waals surface area contributed by atoms with E-state index in [4.69, 9.17) is 5.11 Å². The number of carboxylic acids is 1. The number of carboxylic acid groups (broad SMARTS) is 1. The average Bonchev–Trinajstić information content (AvgIpc) is 1.83. The van der Waals surface area contributed by atoms with E-state index < -0.39 is 11.9 Å². The summed E-state index contributed by atoms with van der Waals surface area (Å²) in [4.78, 5) is 31.6. The van der Waals surface area contributed by atoms with Crippen LogP contribution in [0.3, 0.4) is 0 Å². The fraction of sp³-hybridized carbons (Fsp3) is 0.625. The molecule has 0 aromatic carbocycles. The molecule has 0 fully saturated rings. The normalized spacial score (nSPS) is 12.2. The monoisotopic (exact) mass is 172 g/mol. The summed E-state index contributed by atoms with van der Waals surface area (Å²) in [7, 11) is 0. The van der Waals surface area contributed by atoms with E-state index in [2.05, 4.69) is 0 Å². The first-order chi connectivity index (χ1) is 5.43. The Balaban J connectivity index is 4.14. The first kappa shape index (κ1) is 10.8. The lowest BCUT2D eigenvalue weighted by atomic mass is 9.95. The third-order valence-corrected chi connectivity index (χ3v) is 1.53. The second-order valence-corrected chi connectivity index (χ2v) is 2.81. The average molecular weight is 172 g/mol. The van der Waals surface area contributed by atoms with Crippen LogP contribution in [0.2, 0.25) is 0 Å². The minimum atomic E-state index is -1.04. The third-order valence-electron chi connectivity index (χ3n) is 1.53. The van der Waals surface area contributed by atoms with E-state index in [1.54, 1.807) is 0 Å². The van der Waals surface area contributed by atoms with Gasteiger partial charge in [0.1, 0.15) is 11.6 Å². The SMILES string of the molecule is CC(=O)CC(CC(=O)O)C(C)=O. The van der Waals surface area contributed by atoms with Gasteiger partial charge in [0, 0.05) is 12.3 Å². The molecule has 68 valence electrons. The minimum Gasteiger partial charge on any atom is -0.481 e. The minimum absolute atomic E-state index is 0.0294. The van der Waals surface area contributed by atoms with Gasteiger partial charge in [0.05, 0.1) is 6.42 Å². The number of Topliss-reactive ketones (excluding diaryl/α,β-unsaturated/α-hetero) is 2. The number of hydrogen-bond donors (Lipinski definition) is 1. The van der Waals surface area contributed by atoms with Crippen molar-refractivity contribution in [3.63, 3.8) is 0 Å². The van der Waals surface area contributed by atoms with Crippen LogP contribution in [-0.4, -0.2) is 22.6 Å². The highest BCUT2D eigenvalue weighted by molar-refractivity contribution is 5.88. The van der Waals surface area contributed by atoms with Crippen molar-refractivity contribution in [2.45, 2.75) is 26.7 Å². The van der Waals surface area contributed by atoms with E-state index in [1.165, 1.54) is 13.8 Å². The number of carbonyl (C=O) groups is 3. The summed E-state index contributed by atoms with van der Waals surface area (Å²) in [5.41, 5.74) is 0. The second-order valence-electron chi connectivity index (χ2n) is 2.81. The van der Waals surface area contributed by atoms with E-state index in [-0.39, 0.29) is 24.4 Å². The molecule has 0 saturated carbocycles. The van der Waals surface area contributed by atoms with Crippen LogP contribution in [0, 0.1) is 5.92 Å². The van der Waals surface area contributed by atoms with E-state index in [0.29, 0.717) is 0 Å². The lowest BCUT2D eigenvalue weighted by Gasteiger charge is -2.07. The number of hydrogen-bond acceptors (Lipinski definition) is 3. The summed E-state index contributed by atoms with van der Waals surface area (Å²) in [6, 6.07) is 0. The lowest BCUT2D eigenvalue weighted by molar-refractivity contribution is -0.140. The van der Waals surface area contributed by atoms with Gasteiger partial charge in [0.2, 0.25) is 0 Å². The van der Waals surface area contributed by atoms with Crippen LogP contribution in [-0.2, 0) is 14.4 Å². The largest absolute Gasteiger partial charge is 0.481 e. The Labute approximate surface area is 70.6 Å². The Kier molecular flexibility index (Phi) is 4.18. The molecule has 0 aliphatic carbocycles. The van der Waals surface area contributed by atoms with Crippen molar-refractivity contribution in [2.75, 3.05) is 0 Å². The number of carbonyl (C=O) groups excluding carboxylic acids is 2. The highest BCUT2D eigenvalue weighted by Crippen LogP contribution is 2.10. The molecule has 0 rings (SSSR count). The molecular formula is C8H12O4. The Morgan fingerprint density at radius 3 is 1.92 bits per heavy atom. The van der Waals surface area contributed by atoms with Gasteiger partial charge in [-0.2, -0.15) is 0 Å². The molecule has 1 N–H and O–H groups in total. The lowest BCUT2D eigenvalue weighted by Crippen LogP contribution is -2.18. The molecule has 0 aliphatic rings. The van der Waals surface area contributed by atoms with Crippen LogP contribution < -0.4 is 0 Å². The molecule has 1 unspecified atom stereocenters. The van der Waals surface area contributed by atoms with Crippen LogP contribution in [0.4, 0.5) is 0 Å². The fourth-order valence-corrected chi connectivity index (χ4v) is 0.917. The molecular weight excluding hydrogens is 160 g/mol. The van der Waals surface area contributed by atoms with Crippen molar-refractivity contribution >= 4 is 17.5 Å². The molecule has 0 aromatic heterocycles. The van der Waals surface area contributed by atoms with Gasteiger partial charge in [-0.25, -0.2) is 0 Å². The highest BCUT2D eigenvalue weighted by atomic mass is 16.4. The summed E-state index contributed by atoms with van der Waals surface area (Å²) in [5, 5.41) is 8.38. The fourth-order valence-electron chi connectivity index (χ4n) is 0.917. The highest BCUT2D eigenvalue weighted by Gasteiger charge is 2.19. The molecule has 0 saturated heterocycles. The smallest absolute Gasteiger partial charge is 0.304 e. The van der Waals surface area contributed by atoms with Gasteiger partial charge in [-0.1, -0.05) is 0 Å². The van der Waals surface area contributed by atoms with Crippen molar-refractivity contribution in [2.24, 2.45) is 5.92 Å². The topological polar surface area (TPSA) is 71.4 Å². The van der Waals surface area contributed by atoms with Crippen molar-refractivity contribution < 1.29 is 19.5 Å².